The van der Waals surface area contributed by atoms with Crippen LogP contribution in [0.15, 0.2) is 36.4 Å². The van der Waals surface area contributed by atoms with Crippen LogP contribution in [-0.2, 0) is 14.3 Å². The van der Waals surface area contributed by atoms with Crippen LogP contribution in [-0.4, -0.2) is 37.8 Å². The van der Waals surface area contributed by atoms with Crippen LogP contribution in [0.25, 0.3) is 0 Å². The van der Waals surface area contributed by atoms with Crippen molar-refractivity contribution in [1.29, 1.82) is 0 Å². The smallest absolute Gasteiger partial charge is 0.344 e. The Balaban J connectivity index is 1.50. The average molecular weight is 406 g/mol. The Morgan fingerprint density at radius 2 is 1.89 bits per heavy atom. The fraction of sp³-hybridized carbons (Fsp3) is 0.300. The SMILES string of the molecule is Cc1cc(Cl)ccc1OCC(=O)O[C@H](C)C(=O)Nc1ccc2c(c1)OCCO2. The molecular formula is C20H20ClNO6. The van der Waals surface area contributed by atoms with Gasteiger partial charge in [0.15, 0.2) is 24.2 Å². The maximum Gasteiger partial charge on any atom is 0.344 e. The lowest BCUT2D eigenvalue weighted by atomic mass is 10.2. The Hall–Kier alpha value is -2.93. The minimum Gasteiger partial charge on any atom is -0.486 e. The highest BCUT2D eigenvalue weighted by molar-refractivity contribution is 6.30. The molecule has 1 heterocycles. The first kappa shape index (κ1) is 19.8. The van der Waals surface area contributed by atoms with Crippen molar-refractivity contribution in [3.63, 3.8) is 0 Å². The summed E-state index contributed by atoms with van der Waals surface area (Å²) in [5, 5.41) is 3.26. The number of halogens is 1. The molecule has 0 unspecified atom stereocenters. The van der Waals surface area contributed by atoms with Crippen molar-refractivity contribution in [3.05, 3.63) is 47.0 Å². The maximum atomic E-state index is 12.3. The van der Waals surface area contributed by atoms with Gasteiger partial charge in [-0.2, -0.15) is 0 Å². The third-order valence-electron chi connectivity index (χ3n) is 3.97. The zero-order chi connectivity index (χ0) is 20.1. The highest BCUT2D eigenvalue weighted by Crippen LogP contribution is 2.32. The van der Waals surface area contributed by atoms with E-state index in [0.717, 1.165) is 5.56 Å². The van der Waals surface area contributed by atoms with Gasteiger partial charge in [-0.25, -0.2) is 4.79 Å². The fourth-order valence-electron chi connectivity index (χ4n) is 2.56. The quantitative estimate of drug-likeness (QED) is 0.742. The van der Waals surface area contributed by atoms with E-state index in [4.69, 9.17) is 30.5 Å². The number of carbonyl (C=O) groups is 2. The number of esters is 1. The van der Waals surface area contributed by atoms with E-state index in [0.29, 0.717) is 41.2 Å². The predicted octanol–water partition coefficient (Wildman–Crippen LogP) is 3.37. The summed E-state index contributed by atoms with van der Waals surface area (Å²) in [7, 11) is 0. The van der Waals surface area contributed by atoms with Gasteiger partial charge < -0.3 is 24.3 Å². The molecule has 0 spiro atoms. The summed E-state index contributed by atoms with van der Waals surface area (Å²) in [4.78, 5) is 24.2. The average Bonchev–Trinajstić information content (AvgIpc) is 2.67. The number of nitrogens with one attached hydrogen (secondary N) is 1. The van der Waals surface area contributed by atoms with Crippen LogP contribution in [0.4, 0.5) is 5.69 Å². The molecule has 2 aromatic rings. The van der Waals surface area contributed by atoms with Crippen molar-refractivity contribution in [2.45, 2.75) is 20.0 Å². The second kappa shape index (κ2) is 8.84. The third kappa shape index (κ3) is 5.07. The number of ether oxygens (including phenoxy) is 4. The Kier molecular flexibility index (Phi) is 6.26. The van der Waals surface area contributed by atoms with Gasteiger partial charge in [-0.15, -0.1) is 0 Å². The summed E-state index contributed by atoms with van der Waals surface area (Å²) in [5.74, 6) is 0.584. The minimum absolute atomic E-state index is 0.315. The van der Waals surface area contributed by atoms with Crippen LogP contribution in [0.3, 0.4) is 0 Å². The zero-order valence-electron chi connectivity index (χ0n) is 15.5. The van der Waals surface area contributed by atoms with Gasteiger partial charge in [0.05, 0.1) is 0 Å². The first-order valence-electron chi connectivity index (χ1n) is 8.71. The lowest BCUT2D eigenvalue weighted by Crippen LogP contribution is -2.31. The second-order valence-electron chi connectivity index (χ2n) is 6.18. The molecule has 1 N–H and O–H groups in total. The van der Waals surface area contributed by atoms with E-state index in [1.165, 1.54) is 6.92 Å². The number of hydrogen-bond acceptors (Lipinski definition) is 6. The summed E-state index contributed by atoms with van der Waals surface area (Å²) >= 11 is 5.88. The van der Waals surface area contributed by atoms with Crippen LogP contribution < -0.4 is 19.5 Å². The van der Waals surface area contributed by atoms with Gasteiger partial charge >= 0.3 is 5.97 Å². The monoisotopic (exact) mass is 405 g/mol. The number of carbonyl (C=O) groups excluding carboxylic acids is 2. The molecule has 7 nitrogen and oxygen atoms in total. The molecular weight excluding hydrogens is 386 g/mol. The minimum atomic E-state index is -0.990. The molecule has 8 heteroatoms. The van der Waals surface area contributed by atoms with Crippen LogP contribution >= 0.6 is 11.6 Å². The zero-order valence-corrected chi connectivity index (χ0v) is 16.2. The maximum absolute atomic E-state index is 12.3. The predicted molar refractivity (Wildman–Crippen MR) is 103 cm³/mol. The van der Waals surface area contributed by atoms with Crippen molar-refractivity contribution in [2.75, 3.05) is 25.1 Å². The first-order chi connectivity index (χ1) is 13.4. The molecule has 148 valence electrons. The molecule has 3 rings (SSSR count). The van der Waals surface area contributed by atoms with E-state index in [2.05, 4.69) is 5.32 Å². The molecule has 0 fully saturated rings. The normalized spacial score (nSPS) is 13.4. The lowest BCUT2D eigenvalue weighted by Gasteiger charge is -2.19. The van der Waals surface area contributed by atoms with E-state index in [1.54, 1.807) is 36.4 Å². The van der Waals surface area contributed by atoms with Gasteiger partial charge in [0, 0.05) is 16.8 Å². The van der Waals surface area contributed by atoms with Crippen LogP contribution in [0.1, 0.15) is 12.5 Å². The number of fused-ring (bicyclic) bond motifs is 1. The lowest BCUT2D eigenvalue weighted by molar-refractivity contribution is -0.155. The Morgan fingerprint density at radius 3 is 2.64 bits per heavy atom. The van der Waals surface area contributed by atoms with Gasteiger partial charge in [-0.1, -0.05) is 11.6 Å². The number of anilines is 1. The Bertz CT molecular complexity index is 885. The molecule has 1 atom stereocenters. The molecule has 0 bridgehead atoms. The molecule has 28 heavy (non-hydrogen) atoms. The second-order valence-corrected chi connectivity index (χ2v) is 6.61. The largest absolute Gasteiger partial charge is 0.486 e. The topological polar surface area (TPSA) is 83.1 Å². The summed E-state index contributed by atoms with van der Waals surface area (Å²) in [6, 6.07) is 10.1. The van der Waals surface area contributed by atoms with E-state index in [9.17, 15) is 9.59 Å². The molecule has 0 radical (unpaired) electrons. The summed E-state index contributed by atoms with van der Waals surface area (Å²) in [6.45, 7) is 3.92. The van der Waals surface area contributed by atoms with Crippen molar-refractivity contribution >= 4 is 29.2 Å². The van der Waals surface area contributed by atoms with Crippen LogP contribution in [0.2, 0.25) is 5.02 Å². The van der Waals surface area contributed by atoms with Crippen molar-refractivity contribution < 1.29 is 28.5 Å². The van der Waals surface area contributed by atoms with Gasteiger partial charge in [-0.3, -0.25) is 4.79 Å². The number of benzene rings is 2. The van der Waals surface area contributed by atoms with E-state index < -0.39 is 18.0 Å². The van der Waals surface area contributed by atoms with Crippen LogP contribution in [0, 0.1) is 6.92 Å². The standard InChI is InChI=1S/C20H20ClNO6/c1-12-9-14(21)3-5-16(12)27-11-19(23)28-13(2)20(24)22-15-4-6-17-18(10-15)26-8-7-25-17/h3-6,9-10,13H,7-8,11H2,1-2H3,(H,22,24)/t13-/m1/s1. The van der Waals surface area contributed by atoms with E-state index >= 15 is 0 Å². The van der Waals surface area contributed by atoms with Crippen LogP contribution in [0.5, 0.6) is 17.2 Å². The molecule has 1 amide bonds. The molecule has 0 saturated carbocycles. The van der Waals surface area contributed by atoms with Crippen molar-refractivity contribution in [1.82, 2.24) is 0 Å². The van der Waals surface area contributed by atoms with E-state index in [-0.39, 0.29) is 6.61 Å². The van der Waals surface area contributed by atoms with E-state index in [1.807, 2.05) is 6.92 Å². The summed E-state index contributed by atoms with van der Waals surface area (Å²) in [5.41, 5.74) is 1.31. The Morgan fingerprint density at radius 1 is 1.14 bits per heavy atom. The van der Waals surface area contributed by atoms with Gasteiger partial charge in [0.2, 0.25) is 0 Å². The number of aryl methyl sites for hydroxylation is 1. The van der Waals surface area contributed by atoms with Crippen molar-refractivity contribution in [2.24, 2.45) is 0 Å². The Labute approximate surface area is 167 Å². The molecule has 0 aromatic heterocycles. The highest BCUT2D eigenvalue weighted by Gasteiger charge is 2.20. The number of amides is 1. The fourth-order valence-corrected chi connectivity index (χ4v) is 2.79. The third-order valence-corrected chi connectivity index (χ3v) is 4.20. The molecule has 1 aliphatic heterocycles. The molecule has 2 aromatic carbocycles. The number of hydrogen-bond donors (Lipinski definition) is 1. The molecule has 0 saturated heterocycles. The van der Waals surface area contributed by atoms with Gasteiger partial charge in [0.25, 0.3) is 5.91 Å². The summed E-state index contributed by atoms with van der Waals surface area (Å²) < 4.78 is 21.5. The van der Waals surface area contributed by atoms with Gasteiger partial charge in [-0.05, 0) is 49.7 Å². The van der Waals surface area contributed by atoms with Crippen molar-refractivity contribution in [3.8, 4) is 17.2 Å². The van der Waals surface area contributed by atoms with Gasteiger partial charge in [0.1, 0.15) is 19.0 Å². The molecule has 0 aliphatic carbocycles. The summed E-state index contributed by atoms with van der Waals surface area (Å²) in [6.07, 6.45) is -0.990. The number of rotatable bonds is 6. The highest BCUT2D eigenvalue weighted by atomic mass is 35.5. The molecule has 1 aliphatic rings. The first-order valence-corrected chi connectivity index (χ1v) is 9.09.